The molecule has 0 spiro atoms. The molecule has 0 saturated carbocycles. The Morgan fingerprint density at radius 3 is 2.42 bits per heavy atom. The lowest BCUT2D eigenvalue weighted by atomic mass is 10.2. The van der Waals surface area contributed by atoms with E-state index in [0.29, 0.717) is 16.2 Å². The van der Waals surface area contributed by atoms with Crippen LogP contribution in [0.2, 0.25) is 0 Å². The maximum atomic E-state index is 12.9. The average Bonchev–Trinajstić information content (AvgIpc) is 2.75. The number of amides is 1. The van der Waals surface area contributed by atoms with Crippen molar-refractivity contribution in [1.29, 1.82) is 0 Å². The molecule has 1 aromatic heterocycles. The molecular weight excluding hydrogens is 409 g/mol. The predicted molar refractivity (Wildman–Crippen MR) is 110 cm³/mol. The van der Waals surface area contributed by atoms with Crippen molar-refractivity contribution < 1.29 is 27.5 Å². The maximum Gasteiger partial charge on any atom is 0.406 e. The lowest BCUT2D eigenvalue weighted by Gasteiger charge is -2.23. The number of carbonyl (C=O) groups excluding carboxylic acids is 2. The maximum absolute atomic E-state index is 12.9. The lowest BCUT2D eigenvalue weighted by molar-refractivity contribution is -0.166. The fraction of sp³-hybridized carbons (Fsp3) is 0.174. The molecule has 31 heavy (non-hydrogen) atoms. The van der Waals surface area contributed by atoms with Crippen molar-refractivity contribution in [2.45, 2.75) is 12.7 Å². The van der Waals surface area contributed by atoms with Crippen molar-refractivity contribution in [3.63, 3.8) is 0 Å². The predicted octanol–water partition coefficient (Wildman–Crippen LogP) is 4.38. The zero-order valence-corrected chi connectivity index (χ0v) is 16.4. The average molecular weight is 428 g/mol. The number of hydrogen-bond donors (Lipinski definition) is 0. The summed E-state index contributed by atoms with van der Waals surface area (Å²) < 4.78 is 43.4. The summed E-state index contributed by atoms with van der Waals surface area (Å²) in [6.07, 6.45) is -2.08. The van der Waals surface area contributed by atoms with Crippen LogP contribution in [0.25, 0.3) is 17.0 Å². The van der Waals surface area contributed by atoms with E-state index in [2.05, 4.69) is 4.98 Å². The SMILES string of the molecule is O=C(/C=C/c1ccc2ccccc2n1)OCC(=O)N(Cc1ccccc1)CC(F)(F)F. The quantitative estimate of drug-likeness (QED) is 0.414. The van der Waals surface area contributed by atoms with Crippen LogP contribution in [-0.2, 0) is 20.9 Å². The molecule has 5 nitrogen and oxygen atoms in total. The van der Waals surface area contributed by atoms with Gasteiger partial charge in [0.2, 0.25) is 0 Å². The number of hydrogen-bond acceptors (Lipinski definition) is 4. The van der Waals surface area contributed by atoms with Crippen LogP contribution in [0.15, 0.2) is 72.8 Å². The van der Waals surface area contributed by atoms with Gasteiger partial charge >= 0.3 is 12.1 Å². The number of ether oxygens (including phenoxy) is 1. The number of carbonyl (C=O) groups is 2. The monoisotopic (exact) mass is 428 g/mol. The van der Waals surface area contributed by atoms with Crippen LogP contribution in [0.4, 0.5) is 13.2 Å². The van der Waals surface area contributed by atoms with Crippen LogP contribution < -0.4 is 0 Å². The van der Waals surface area contributed by atoms with E-state index in [0.717, 1.165) is 17.0 Å². The second kappa shape index (κ2) is 9.88. The minimum atomic E-state index is -4.57. The molecule has 0 aliphatic carbocycles. The van der Waals surface area contributed by atoms with Gasteiger partial charge in [0.25, 0.3) is 5.91 Å². The van der Waals surface area contributed by atoms with E-state index in [9.17, 15) is 22.8 Å². The van der Waals surface area contributed by atoms with Gasteiger partial charge in [-0.25, -0.2) is 9.78 Å². The van der Waals surface area contributed by atoms with Gasteiger partial charge in [0.05, 0.1) is 11.2 Å². The molecule has 0 atom stereocenters. The Balaban J connectivity index is 1.59. The Morgan fingerprint density at radius 2 is 1.68 bits per heavy atom. The second-order valence-corrected chi connectivity index (χ2v) is 6.72. The molecule has 0 fully saturated rings. The fourth-order valence-corrected chi connectivity index (χ4v) is 2.85. The Labute approximate surface area is 176 Å². The molecule has 1 heterocycles. The van der Waals surface area contributed by atoms with Crippen LogP contribution in [-0.4, -0.2) is 41.1 Å². The lowest BCUT2D eigenvalue weighted by Crippen LogP contribution is -2.40. The number of benzene rings is 2. The highest BCUT2D eigenvalue weighted by atomic mass is 19.4. The molecule has 160 valence electrons. The smallest absolute Gasteiger partial charge is 0.406 e. The Hall–Kier alpha value is -3.68. The third kappa shape index (κ3) is 6.95. The minimum Gasteiger partial charge on any atom is -0.452 e. The third-order valence-corrected chi connectivity index (χ3v) is 4.29. The van der Waals surface area contributed by atoms with Gasteiger partial charge in [-0.2, -0.15) is 13.2 Å². The largest absolute Gasteiger partial charge is 0.452 e. The fourth-order valence-electron chi connectivity index (χ4n) is 2.85. The van der Waals surface area contributed by atoms with Crippen LogP contribution in [0.5, 0.6) is 0 Å². The molecule has 3 rings (SSSR count). The summed E-state index contributed by atoms with van der Waals surface area (Å²) in [4.78, 5) is 29.2. The summed E-state index contributed by atoms with van der Waals surface area (Å²) >= 11 is 0. The number of pyridine rings is 1. The first-order valence-electron chi connectivity index (χ1n) is 9.39. The molecule has 0 bridgehead atoms. The van der Waals surface area contributed by atoms with Crippen molar-refractivity contribution in [3.05, 3.63) is 84.1 Å². The molecule has 0 unspecified atom stereocenters. The number of para-hydroxylation sites is 1. The number of alkyl halides is 3. The Kier molecular flexibility index (Phi) is 7.02. The van der Waals surface area contributed by atoms with Crippen molar-refractivity contribution in [1.82, 2.24) is 9.88 Å². The number of fused-ring (bicyclic) bond motifs is 1. The van der Waals surface area contributed by atoms with Gasteiger partial charge in [0, 0.05) is 18.0 Å². The van der Waals surface area contributed by atoms with Gasteiger partial charge in [-0.05, 0) is 23.8 Å². The second-order valence-electron chi connectivity index (χ2n) is 6.72. The first-order chi connectivity index (χ1) is 14.8. The Bertz CT molecular complexity index is 1080. The van der Waals surface area contributed by atoms with Crippen molar-refractivity contribution >= 4 is 28.9 Å². The van der Waals surface area contributed by atoms with Crippen molar-refractivity contribution in [2.75, 3.05) is 13.2 Å². The number of halogens is 3. The molecule has 0 aliphatic rings. The normalized spacial score (nSPS) is 11.6. The molecular formula is C23H19F3N2O3. The van der Waals surface area contributed by atoms with E-state index in [-0.39, 0.29) is 6.54 Å². The van der Waals surface area contributed by atoms with Crippen LogP contribution >= 0.6 is 0 Å². The molecule has 0 radical (unpaired) electrons. The van der Waals surface area contributed by atoms with Gasteiger partial charge in [-0.3, -0.25) is 4.79 Å². The summed E-state index contributed by atoms with van der Waals surface area (Å²) in [6.45, 7) is -2.47. The molecule has 1 amide bonds. The summed E-state index contributed by atoms with van der Waals surface area (Å²) in [5.41, 5.74) is 1.79. The van der Waals surface area contributed by atoms with E-state index in [1.165, 1.54) is 6.08 Å². The van der Waals surface area contributed by atoms with Gasteiger partial charge in [0.1, 0.15) is 6.54 Å². The number of rotatable bonds is 7. The van der Waals surface area contributed by atoms with Crippen molar-refractivity contribution in [2.24, 2.45) is 0 Å². The van der Waals surface area contributed by atoms with E-state index in [4.69, 9.17) is 4.74 Å². The summed E-state index contributed by atoms with van der Waals surface area (Å²) in [7, 11) is 0. The van der Waals surface area contributed by atoms with Crippen LogP contribution in [0, 0.1) is 0 Å². The van der Waals surface area contributed by atoms with Gasteiger partial charge < -0.3 is 9.64 Å². The standard InChI is InChI=1S/C23H19F3N2O3/c24-23(25,26)16-28(14-17-6-2-1-3-7-17)21(29)15-31-22(30)13-12-19-11-10-18-8-4-5-9-20(18)27-19/h1-13H,14-16H2/b13-12+. The highest BCUT2D eigenvalue weighted by Gasteiger charge is 2.33. The topological polar surface area (TPSA) is 59.5 Å². The molecule has 3 aromatic rings. The first-order valence-corrected chi connectivity index (χ1v) is 9.39. The molecule has 0 N–H and O–H groups in total. The van der Waals surface area contributed by atoms with E-state index >= 15 is 0 Å². The van der Waals surface area contributed by atoms with Crippen LogP contribution in [0.1, 0.15) is 11.3 Å². The van der Waals surface area contributed by atoms with E-state index in [1.807, 2.05) is 30.3 Å². The highest BCUT2D eigenvalue weighted by Crippen LogP contribution is 2.18. The third-order valence-electron chi connectivity index (χ3n) is 4.29. The molecule has 0 aliphatic heterocycles. The van der Waals surface area contributed by atoms with Crippen LogP contribution in [0.3, 0.4) is 0 Å². The Morgan fingerprint density at radius 1 is 0.968 bits per heavy atom. The minimum absolute atomic E-state index is 0.242. The van der Waals surface area contributed by atoms with E-state index < -0.39 is 31.2 Å². The van der Waals surface area contributed by atoms with Gasteiger partial charge in [0.15, 0.2) is 6.61 Å². The molecule has 2 aromatic carbocycles. The zero-order valence-electron chi connectivity index (χ0n) is 16.4. The summed E-state index contributed by atoms with van der Waals surface area (Å²) in [5, 5.41) is 0.941. The number of aromatic nitrogens is 1. The van der Waals surface area contributed by atoms with Crippen molar-refractivity contribution in [3.8, 4) is 0 Å². The zero-order chi connectivity index (χ0) is 22.3. The molecule has 8 heteroatoms. The summed E-state index contributed by atoms with van der Waals surface area (Å²) in [5.74, 6) is -1.79. The number of nitrogens with zero attached hydrogens (tertiary/aromatic N) is 2. The number of esters is 1. The summed E-state index contributed by atoms with van der Waals surface area (Å²) in [6, 6.07) is 19.3. The first kappa shape index (κ1) is 22.0. The van der Waals surface area contributed by atoms with Gasteiger partial charge in [-0.15, -0.1) is 0 Å². The van der Waals surface area contributed by atoms with Gasteiger partial charge in [-0.1, -0.05) is 54.6 Å². The molecule has 0 saturated heterocycles. The van der Waals surface area contributed by atoms with E-state index in [1.54, 1.807) is 36.4 Å². The highest BCUT2D eigenvalue weighted by molar-refractivity contribution is 5.89.